The van der Waals surface area contributed by atoms with Crippen LogP contribution in [0.5, 0.6) is 0 Å². The molecular formula is C24H26F3N3O2. The fourth-order valence-electron chi connectivity index (χ4n) is 3.78. The molecule has 1 heterocycles. The molecule has 32 heavy (non-hydrogen) atoms. The van der Waals surface area contributed by atoms with Gasteiger partial charge in [-0.15, -0.1) is 0 Å². The molecule has 2 aliphatic rings. The number of halogens is 3. The number of anilines is 1. The fourth-order valence-corrected chi connectivity index (χ4v) is 3.78. The van der Waals surface area contributed by atoms with Crippen LogP contribution in [0.3, 0.4) is 0 Å². The van der Waals surface area contributed by atoms with Gasteiger partial charge in [0.1, 0.15) is 0 Å². The summed E-state index contributed by atoms with van der Waals surface area (Å²) in [7, 11) is 3.94. The van der Waals surface area contributed by atoms with Gasteiger partial charge in [-0.3, -0.25) is 4.79 Å². The predicted octanol–water partition coefficient (Wildman–Crippen LogP) is 4.70. The molecule has 8 heteroatoms. The zero-order valence-electron chi connectivity index (χ0n) is 18.1. The molecule has 1 amide bonds. The van der Waals surface area contributed by atoms with Crippen molar-refractivity contribution >= 4 is 17.3 Å². The smallest absolute Gasteiger partial charge is 0.390 e. The Bertz CT molecular complexity index is 998. The maximum absolute atomic E-state index is 13.1. The minimum absolute atomic E-state index is 0.0326. The average Bonchev–Trinajstić information content (AvgIpc) is 3.51. The molecule has 0 N–H and O–H groups in total. The summed E-state index contributed by atoms with van der Waals surface area (Å²) in [5.41, 5.74) is 2.58. The van der Waals surface area contributed by atoms with E-state index in [0.717, 1.165) is 41.9 Å². The van der Waals surface area contributed by atoms with Crippen LogP contribution in [0.25, 0.3) is 0 Å². The normalized spacial score (nSPS) is 18.2. The van der Waals surface area contributed by atoms with Gasteiger partial charge in [0.25, 0.3) is 0 Å². The molecule has 0 radical (unpaired) electrons. The highest BCUT2D eigenvalue weighted by Gasteiger charge is 2.36. The maximum atomic E-state index is 13.1. The van der Waals surface area contributed by atoms with Crippen LogP contribution in [0.4, 0.5) is 18.9 Å². The maximum Gasteiger partial charge on any atom is 0.416 e. The first-order valence-corrected chi connectivity index (χ1v) is 10.7. The Kier molecular flexibility index (Phi) is 6.13. The van der Waals surface area contributed by atoms with Gasteiger partial charge in [-0.25, -0.2) is 0 Å². The molecule has 0 aromatic heterocycles. The number of amides is 1. The van der Waals surface area contributed by atoms with E-state index in [1.54, 1.807) is 11.0 Å². The Morgan fingerprint density at radius 1 is 1.12 bits per heavy atom. The van der Waals surface area contributed by atoms with Crippen molar-refractivity contribution in [2.75, 3.05) is 25.5 Å². The molecule has 0 bridgehead atoms. The van der Waals surface area contributed by atoms with E-state index in [1.165, 1.54) is 6.07 Å². The third kappa shape index (κ3) is 5.23. The van der Waals surface area contributed by atoms with Gasteiger partial charge in [0, 0.05) is 38.7 Å². The van der Waals surface area contributed by atoms with Crippen LogP contribution >= 0.6 is 0 Å². The Morgan fingerprint density at radius 2 is 1.84 bits per heavy atom. The molecule has 0 unspecified atom stereocenters. The quantitative estimate of drug-likeness (QED) is 0.621. The van der Waals surface area contributed by atoms with Crippen molar-refractivity contribution in [3.63, 3.8) is 0 Å². The van der Waals surface area contributed by atoms with Crippen LogP contribution in [-0.2, 0) is 22.4 Å². The lowest BCUT2D eigenvalue weighted by Crippen LogP contribution is -2.38. The van der Waals surface area contributed by atoms with Crippen molar-refractivity contribution in [2.45, 2.75) is 38.1 Å². The van der Waals surface area contributed by atoms with E-state index < -0.39 is 11.7 Å². The number of rotatable bonds is 7. The summed E-state index contributed by atoms with van der Waals surface area (Å²) < 4.78 is 39.3. The summed E-state index contributed by atoms with van der Waals surface area (Å²) in [4.78, 5) is 22.1. The Labute approximate surface area is 185 Å². The molecule has 1 fully saturated rings. The molecule has 170 valence electrons. The summed E-state index contributed by atoms with van der Waals surface area (Å²) in [5.74, 6) is -0.0732. The van der Waals surface area contributed by atoms with Gasteiger partial charge in [-0.1, -0.05) is 29.4 Å². The van der Waals surface area contributed by atoms with Gasteiger partial charge in [-0.05, 0) is 48.2 Å². The first-order valence-electron chi connectivity index (χ1n) is 10.7. The molecule has 5 nitrogen and oxygen atoms in total. The largest absolute Gasteiger partial charge is 0.416 e. The zero-order chi connectivity index (χ0) is 22.9. The van der Waals surface area contributed by atoms with Crippen molar-refractivity contribution < 1.29 is 22.8 Å². The fraction of sp³-hybridized carbons (Fsp3) is 0.417. The van der Waals surface area contributed by atoms with E-state index in [2.05, 4.69) is 5.16 Å². The van der Waals surface area contributed by atoms with Crippen LogP contribution in [-0.4, -0.2) is 43.3 Å². The van der Waals surface area contributed by atoms with Gasteiger partial charge in [-0.2, -0.15) is 13.2 Å². The number of benzene rings is 2. The highest BCUT2D eigenvalue weighted by atomic mass is 19.4. The Morgan fingerprint density at radius 3 is 2.47 bits per heavy atom. The van der Waals surface area contributed by atoms with Crippen LogP contribution in [0, 0.1) is 5.92 Å². The number of oxime groups is 1. The van der Waals surface area contributed by atoms with Crippen LogP contribution in [0.15, 0.2) is 53.7 Å². The minimum Gasteiger partial charge on any atom is -0.390 e. The van der Waals surface area contributed by atoms with E-state index in [1.807, 2.05) is 43.3 Å². The number of hydrogen-bond acceptors (Lipinski definition) is 4. The summed E-state index contributed by atoms with van der Waals surface area (Å²) >= 11 is 0. The zero-order valence-corrected chi connectivity index (χ0v) is 18.1. The molecule has 0 saturated heterocycles. The summed E-state index contributed by atoms with van der Waals surface area (Å²) in [6.45, 7) is 0.403. The number of carbonyl (C=O) groups excluding carboxylic acids is 1. The lowest BCUT2D eigenvalue weighted by Gasteiger charge is -2.25. The summed E-state index contributed by atoms with van der Waals surface area (Å²) in [6, 6.07) is 13.1. The highest BCUT2D eigenvalue weighted by molar-refractivity contribution is 6.01. The first kappa shape index (κ1) is 22.2. The number of nitrogens with zero attached hydrogens (tertiary/aromatic N) is 3. The van der Waals surface area contributed by atoms with E-state index in [-0.39, 0.29) is 31.0 Å². The van der Waals surface area contributed by atoms with Gasteiger partial charge in [0.2, 0.25) is 5.91 Å². The lowest BCUT2D eigenvalue weighted by atomic mass is 10.0. The predicted molar refractivity (Wildman–Crippen MR) is 116 cm³/mol. The van der Waals surface area contributed by atoms with E-state index >= 15 is 0 Å². The molecule has 2 aromatic rings. The molecule has 1 saturated carbocycles. The van der Waals surface area contributed by atoms with E-state index in [4.69, 9.17) is 4.84 Å². The molecule has 2 aromatic carbocycles. The molecule has 4 rings (SSSR count). The Balaban J connectivity index is 1.43. The average molecular weight is 445 g/mol. The lowest BCUT2D eigenvalue weighted by molar-refractivity contribution is -0.137. The second-order valence-electron chi connectivity index (χ2n) is 8.60. The topological polar surface area (TPSA) is 45.1 Å². The van der Waals surface area contributed by atoms with E-state index in [0.29, 0.717) is 12.0 Å². The van der Waals surface area contributed by atoms with Crippen molar-refractivity contribution in [1.82, 2.24) is 4.90 Å². The third-order valence-electron chi connectivity index (χ3n) is 5.74. The number of hydrogen-bond donors (Lipinski definition) is 0. The van der Waals surface area contributed by atoms with Crippen molar-refractivity contribution in [1.29, 1.82) is 0 Å². The molecule has 1 atom stereocenters. The summed E-state index contributed by atoms with van der Waals surface area (Å²) in [5, 5.41) is 4.20. The monoisotopic (exact) mass is 445 g/mol. The van der Waals surface area contributed by atoms with Crippen molar-refractivity contribution in [3.05, 3.63) is 65.2 Å². The highest BCUT2D eigenvalue weighted by Crippen LogP contribution is 2.33. The molecule has 1 aliphatic heterocycles. The number of carbonyl (C=O) groups is 1. The van der Waals surface area contributed by atoms with Gasteiger partial charge in [0.05, 0.1) is 17.8 Å². The second-order valence-corrected chi connectivity index (χ2v) is 8.60. The summed E-state index contributed by atoms with van der Waals surface area (Å²) in [6.07, 6.45) is -2.56. The van der Waals surface area contributed by atoms with Crippen molar-refractivity contribution in [2.24, 2.45) is 11.1 Å². The van der Waals surface area contributed by atoms with Crippen molar-refractivity contribution in [3.8, 4) is 0 Å². The third-order valence-corrected chi connectivity index (χ3v) is 5.74. The van der Waals surface area contributed by atoms with Crippen LogP contribution in [0.2, 0.25) is 0 Å². The van der Waals surface area contributed by atoms with E-state index in [9.17, 15) is 18.0 Å². The van der Waals surface area contributed by atoms with Gasteiger partial charge < -0.3 is 14.6 Å². The first-order chi connectivity index (χ1) is 15.2. The minimum atomic E-state index is -4.42. The standard InChI is InChI=1S/C24H26F3N3O2/c1-29(2)20-10-8-17(9-11-20)22-13-21(32-28-22)15-30(23(31)18-6-7-18)14-16-4-3-5-19(12-16)24(25,26)27/h3-5,8-12,18,21H,6-7,13-15H2,1-2H3/t21-/m1/s1. The second kappa shape index (κ2) is 8.84. The SMILES string of the molecule is CN(C)c1ccc(C2=NO[C@@H](CN(Cc3cccc(C(F)(F)F)c3)C(=O)C3CC3)C2)cc1. The number of alkyl halides is 3. The van der Waals surface area contributed by atoms with Crippen LogP contribution < -0.4 is 4.90 Å². The molecule has 0 spiro atoms. The van der Waals surface area contributed by atoms with Gasteiger partial charge >= 0.3 is 6.18 Å². The molecular weight excluding hydrogens is 419 g/mol. The van der Waals surface area contributed by atoms with Gasteiger partial charge in [0.15, 0.2) is 6.10 Å². The Hall–Kier alpha value is -3.03. The molecule has 1 aliphatic carbocycles. The van der Waals surface area contributed by atoms with Crippen LogP contribution in [0.1, 0.15) is 36.0 Å².